The van der Waals surface area contributed by atoms with Crippen molar-refractivity contribution in [3.8, 4) is 11.5 Å². The van der Waals surface area contributed by atoms with Crippen LogP contribution in [0, 0.1) is 0 Å². The van der Waals surface area contributed by atoms with E-state index >= 15 is 0 Å². The van der Waals surface area contributed by atoms with E-state index in [1.807, 2.05) is 23.6 Å². The summed E-state index contributed by atoms with van der Waals surface area (Å²) < 4.78 is 15.8. The predicted molar refractivity (Wildman–Crippen MR) is 132 cm³/mol. The second-order valence-electron chi connectivity index (χ2n) is 7.96. The van der Waals surface area contributed by atoms with Crippen molar-refractivity contribution >= 4 is 34.8 Å². The Morgan fingerprint density at radius 2 is 1.74 bits per heavy atom. The Labute approximate surface area is 207 Å². The van der Waals surface area contributed by atoms with E-state index in [0.29, 0.717) is 40.6 Å². The molecule has 1 N–H and O–H groups in total. The van der Waals surface area contributed by atoms with Gasteiger partial charge in [0.2, 0.25) is 0 Å². The first kappa shape index (κ1) is 24.3. The standard InChI is InChI=1S/C26H26N2O6S/c1-32-21-13-17-10-11-28(20(15-24(29)34-3)19(17)14-22(21)33-2)26(31)16-6-8-18(9-7-16)27-25(30)23-5-4-12-35-23/h4-9,12-14,20H,10-11,15H2,1-3H3,(H,27,30). The van der Waals surface area contributed by atoms with Gasteiger partial charge in [0.05, 0.1) is 38.7 Å². The van der Waals surface area contributed by atoms with Gasteiger partial charge in [0.15, 0.2) is 11.5 Å². The molecular formula is C26H26N2O6S. The molecule has 1 atom stereocenters. The number of fused-ring (bicyclic) bond motifs is 1. The summed E-state index contributed by atoms with van der Waals surface area (Å²) in [5.41, 5.74) is 2.87. The number of nitrogens with one attached hydrogen (secondary N) is 1. The number of hydrogen-bond donors (Lipinski definition) is 1. The zero-order chi connectivity index (χ0) is 24.9. The van der Waals surface area contributed by atoms with E-state index in [0.717, 1.165) is 11.1 Å². The molecule has 182 valence electrons. The summed E-state index contributed by atoms with van der Waals surface area (Å²) in [6, 6.07) is 13.5. The van der Waals surface area contributed by atoms with Crippen LogP contribution in [-0.4, -0.2) is 50.6 Å². The monoisotopic (exact) mass is 494 g/mol. The normalized spacial score (nSPS) is 14.6. The first-order valence-corrected chi connectivity index (χ1v) is 11.9. The van der Waals surface area contributed by atoms with Crippen molar-refractivity contribution in [1.82, 2.24) is 4.90 Å². The van der Waals surface area contributed by atoms with Crippen molar-refractivity contribution in [1.29, 1.82) is 0 Å². The van der Waals surface area contributed by atoms with Crippen LogP contribution in [0.2, 0.25) is 0 Å². The van der Waals surface area contributed by atoms with E-state index in [4.69, 9.17) is 14.2 Å². The van der Waals surface area contributed by atoms with Crippen LogP contribution < -0.4 is 14.8 Å². The fraction of sp³-hybridized carbons (Fsp3) is 0.269. The van der Waals surface area contributed by atoms with Crippen LogP contribution in [0.1, 0.15) is 43.6 Å². The van der Waals surface area contributed by atoms with Crippen molar-refractivity contribution in [2.45, 2.75) is 18.9 Å². The van der Waals surface area contributed by atoms with Crippen LogP contribution in [0.3, 0.4) is 0 Å². The Hall–Kier alpha value is -3.85. The minimum atomic E-state index is -0.517. The van der Waals surface area contributed by atoms with E-state index in [-0.39, 0.29) is 18.2 Å². The Bertz CT molecular complexity index is 1220. The van der Waals surface area contributed by atoms with Gasteiger partial charge in [-0.15, -0.1) is 11.3 Å². The van der Waals surface area contributed by atoms with Gasteiger partial charge in [-0.05, 0) is 65.4 Å². The molecule has 1 unspecified atom stereocenters. The first-order chi connectivity index (χ1) is 16.9. The molecule has 0 saturated carbocycles. The molecule has 2 aromatic carbocycles. The smallest absolute Gasteiger partial charge is 0.307 e. The van der Waals surface area contributed by atoms with Crippen LogP contribution in [0.5, 0.6) is 11.5 Å². The third-order valence-electron chi connectivity index (χ3n) is 5.99. The molecule has 0 spiro atoms. The summed E-state index contributed by atoms with van der Waals surface area (Å²) in [4.78, 5) is 40.4. The minimum absolute atomic E-state index is 0.0136. The van der Waals surface area contributed by atoms with Crippen LogP contribution >= 0.6 is 11.3 Å². The number of ether oxygens (including phenoxy) is 3. The number of nitrogens with zero attached hydrogens (tertiary/aromatic N) is 1. The zero-order valence-corrected chi connectivity index (χ0v) is 20.5. The second-order valence-corrected chi connectivity index (χ2v) is 8.91. The highest BCUT2D eigenvalue weighted by atomic mass is 32.1. The van der Waals surface area contributed by atoms with Gasteiger partial charge in [0.1, 0.15) is 0 Å². The number of esters is 1. The van der Waals surface area contributed by atoms with E-state index in [1.165, 1.54) is 18.4 Å². The molecule has 0 aliphatic carbocycles. The topological polar surface area (TPSA) is 94.2 Å². The lowest BCUT2D eigenvalue weighted by Crippen LogP contribution is -2.41. The third kappa shape index (κ3) is 5.14. The Morgan fingerprint density at radius 1 is 1.03 bits per heavy atom. The lowest BCUT2D eigenvalue weighted by atomic mass is 9.89. The van der Waals surface area contributed by atoms with Crippen molar-refractivity contribution in [3.05, 3.63) is 75.5 Å². The number of anilines is 1. The Kier molecular flexibility index (Phi) is 7.36. The van der Waals surface area contributed by atoms with Gasteiger partial charge in [-0.25, -0.2) is 0 Å². The summed E-state index contributed by atoms with van der Waals surface area (Å²) in [5.74, 6) is 0.302. The van der Waals surface area contributed by atoms with Gasteiger partial charge in [0.25, 0.3) is 11.8 Å². The fourth-order valence-corrected chi connectivity index (χ4v) is 4.81. The highest BCUT2D eigenvalue weighted by Gasteiger charge is 2.34. The number of benzene rings is 2. The highest BCUT2D eigenvalue weighted by molar-refractivity contribution is 7.12. The molecule has 0 saturated heterocycles. The second kappa shape index (κ2) is 10.6. The van der Waals surface area contributed by atoms with Crippen molar-refractivity contribution in [2.24, 2.45) is 0 Å². The largest absolute Gasteiger partial charge is 0.493 e. The van der Waals surface area contributed by atoms with Gasteiger partial charge in [-0.2, -0.15) is 0 Å². The number of carbonyl (C=O) groups excluding carboxylic acids is 3. The molecule has 8 nitrogen and oxygen atoms in total. The maximum Gasteiger partial charge on any atom is 0.307 e. The van der Waals surface area contributed by atoms with Gasteiger partial charge in [-0.3, -0.25) is 14.4 Å². The summed E-state index contributed by atoms with van der Waals surface area (Å²) in [6.07, 6.45) is 0.619. The third-order valence-corrected chi connectivity index (χ3v) is 6.85. The molecule has 0 radical (unpaired) electrons. The molecule has 9 heteroatoms. The van der Waals surface area contributed by atoms with Crippen LogP contribution in [0.4, 0.5) is 5.69 Å². The molecule has 3 aromatic rings. The van der Waals surface area contributed by atoms with E-state index in [1.54, 1.807) is 49.5 Å². The van der Waals surface area contributed by atoms with Gasteiger partial charge < -0.3 is 24.4 Å². The molecule has 0 bridgehead atoms. The van der Waals surface area contributed by atoms with Gasteiger partial charge in [-0.1, -0.05) is 6.07 Å². The SMILES string of the molecule is COC(=O)CC1c2cc(OC)c(OC)cc2CCN1C(=O)c1ccc(NC(=O)c2cccs2)cc1. The maximum absolute atomic E-state index is 13.5. The van der Waals surface area contributed by atoms with Crippen LogP contribution in [0.15, 0.2) is 53.9 Å². The quantitative estimate of drug-likeness (QED) is 0.492. The molecular weight excluding hydrogens is 468 g/mol. The first-order valence-electron chi connectivity index (χ1n) is 11.0. The van der Waals surface area contributed by atoms with Gasteiger partial charge >= 0.3 is 5.97 Å². The predicted octanol–water partition coefficient (Wildman–Crippen LogP) is 4.32. The fourth-order valence-electron chi connectivity index (χ4n) is 4.19. The maximum atomic E-state index is 13.5. The molecule has 2 heterocycles. The average molecular weight is 495 g/mol. The summed E-state index contributed by atoms with van der Waals surface area (Å²) in [7, 11) is 4.45. The molecule has 0 fully saturated rings. The molecule has 1 aliphatic rings. The Morgan fingerprint density at radius 3 is 2.37 bits per heavy atom. The van der Waals surface area contributed by atoms with E-state index in [9.17, 15) is 14.4 Å². The van der Waals surface area contributed by atoms with Crippen LogP contribution in [0.25, 0.3) is 0 Å². The zero-order valence-electron chi connectivity index (χ0n) is 19.7. The van der Waals surface area contributed by atoms with Gasteiger partial charge in [0, 0.05) is 17.8 Å². The molecule has 1 aliphatic heterocycles. The number of rotatable bonds is 7. The summed E-state index contributed by atoms with van der Waals surface area (Å²) in [5, 5.41) is 4.67. The van der Waals surface area contributed by atoms with Crippen LogP contribution in [-0.2, 0) is 16.0 Å². The number of amides is 2. The average Bonchev–Trinajstić information content (AvgIpc) is 3.43. The molecule has 2 amide bonds. The Balaban J connectivity index is 1.59. The van der Waals surface area contributed by atoms with Crippen molar-refractivity contribution in [3.63, 3.8) is 0 Å². The highest BCUT2D eigenvalue weighted by Crippen LogP contribution is 2.40. The number of methoxy groups -OCH3 is 3. The minimum Gasteiger partial charge on any atom is -0.493 e. The molecule has 35 heavy (non-hydrogen) atoms. The number of carbonyl (C=O) groups is 3. The lowest BCUT2D eigenvalue weighted by molar-refractivity contribution is -0.141. The number of hydrogen-bond acceptors (Lipinski definition) is 7. The molecule has 4 rings (SSSR count). The van der Waals surface area contributed by atoms with E-state index in [2.05, 4.69) is 5.32 Å². The molecule has 1 aromatic heterocycles. The summed E-state index contributed by atoms with van der Waals surface area (Å²) >= 11 is 1.36. The number of thiophene rings is 1. The van der Waals surface area contributed by atoms with Crippen molar-refractivity contribution in [2.75, 3.05) is 33.2 Å². The lowest BCUT2D eigenvalue weighted by Gasteiger charge is -2.37. The van der Waals surface area contributed by atoms with E-state index < -0.39 is 12.0 Å². The van der Waals surface area contributed by atoms with Crippen molar-refractivity contribution < 1.29 is 28.6 Å². The summed E-state index contributed by atoms with van der Waals surface area (Å²) in [6.45, 7) is 0.430.